The van der Waals surface area contributed by atoms with Crippen molar-refractivity contribution in [3.05, 3.63) is 49.2 Å². The highest BCUT2D eigenvalue weighted by molar-refractivity contribution is 5.86. The van der Waals surface area contributed by atoms with Crippen molar-refractivity contribution in [3.63, 3.8) is 0 Å². The molecule has 79 valence electrons. The van der Waals surface area contributed by atoms with Crippen LogP contribution in [0.3, 0.4) is 0 Å². The molecule has 0 N–H and O–H groups in total. The van der Waals surface area contributed by atoms with Gasteiger partial charge in [-0.05, 0) is 36.8 Å². The van der Waals surface area contributed by atoms with Gasteiger partial charge in [-0.2, -0.15) is 5.10 Å². The summed E-state index contributed by atoms with van der Waals surface area (Å²) in [6, 6.07) is 8.04. The van der Waals surface area contributed by atoms with E-state index in [0.29, 0.717) is 0 Å². The molecule has 0 saturated carbocycles. The Kier molecular flexibility index (Phi) is 1.86. The standard InChI is InChI=1S/C13H11N2O/c1-9-7-11(12-3-5-14-15(12)2)8-10-4-6-16-13(9)10/h3-8H,1H2,2H3. The average molecular weight is 211 g/mol. The van der Waals surface area contributed by atoms with Crippen LogP contribution in [-0.2, 0) is 7.05 Å². The lowest BCUT2D eigenvalue weighted by Crippen LogP contribution is -1.93. The van der Waals surface area contributed by atoms with Gasteiger partial charge in [0.25, 0.3) is 0 Å². The normalized spacial score (nSPS) is 11.1. The summed E-state index contributed by atoms with van der Waals surface area (Å²) in [7, 11) is 1.93. The van der Waals surface area contributed by atoms with E-state index in [0.717, 1.165) is 27.8 Å². The molecule has 0 fully saturated rings. The largest absolute Gasteiger partial charge is 0.464 e. The van der Waals surface area contributed by atoms with Gasteiger partial charge < -0.3 is 4.42 Å². The summed E-state index contributed by atoms with van der Waals surface area (Å²) in [6.07, 6.45) is 3.48. The van der Waals surface area contributed by atoms with Crippen molar-refractivity contribution in [3.8, 4) is 11.3 Å². The molecule has 2 heterocycles. The third-order valence-electron chi connectivity index (χ3n) is 2.74. The smallest absolute Gasteiger partial charge is 0.137 e. The van der Waals surface area contributed by atoms with Crippen molar-refractivity contribution in [1.82, 2.24) is 9.78 Å². The Morgan fingerprint density at radius 1 is 1.31 bits per heavy atom. The monoisotopic (exact) mass is 211 g/mol. The highest BCUT2D eigenvalue weighted by Gasteiger charge is 2.07. The molecule has 3 heteroatoms. The van der Waals surface area contributed by atoms with Crippen LogP contribution in [0, 0.1) is 6.92 Å². The van der Waals surface area contributed by atoms with Crippen LogP contribution in [0.15, 0.2) is 41.1 Å². The van der Waals surface area contributed by atoms with E-state index in [1.807, 2.05) is 29.9 Å². The highest BCUT2D eigenvalue weighted by atomic mass is 16.3. The molecular weight excluding hydrogens is 200 g/mol. The average Bonchev–Trinajstić information content (AvgIpc) is 2.85. The number of furan rings is 1. The molecule has 16 heavy (non-hydrogen) atoms. The van der Waals surface area contributed by atoms with E-state index in [4.69, 9.17) is 4.42 Å². The van der Waals surface area contributed by atoms with E-state index in [9.17, 15) is 0 Å². The second kappa shape index (κ2) is 3.23. The predicted molar refractivity (Wildman–Crippen MR) is 62.9 cm³/mol. The van der Waals surface area contributed by atoms with Crippen LogP contribution in [0.1, 0.15) is 5.56 Å². The second-order valence-electron chi connectivity index (χ2n) is 3.81. The second-order valence-corrected chi connectivity index (χ2v) is 3.81. The first-order valence-corrected chi connectivity index (χ1v) is 5.07. The molecule has 3 rings (SSSR count). The molecule has 3 nitrogen and oxygen atoms in total. The Morgan fingerprint density at radius 3 is 2.94 bits per heavy atom. The lowest BCUT2D eigenvalue weighted by Gasteiger charge is -2.04. The summed E-state index contributed by atoms with van der Waals surface area (Å²) in [6.45, 7) is 4.00. The van der Waals surface area contributed by atoms with E-state index >= 15 is 0 Å². The van der Waals surface area contributed by atoms with E-state index < -0.39 is 0 Å². The Morgan fingerprint density at radius 2 is 2.19 bits per heavy atom. The van der Waals surface area contributed by atoms with Gasteiger partial charge in [0, 0.05) is 24.2 Å². The van der Waals surface area contributed by atoms with Gasteiger partial charge in [-0.1, -0.05) is 0 Å². The third-order valence-corrected chi connectivity index (χ3v) is 2.74. The van der Waals surface area contributed by atoms with Gasteiger partial charge >= 0.3 is 0 Å². The van der Waals surface area contributed by atoms with Gasteiger partial charge in [0.15, 0.2) is 0 Å². The lowest BCUT2D eigenvalue weighted by molar-refractivity contribution is 0.614. The Balaban J connectivity index is 2.29. The van der Waals surface area contributed by atoms with E-state index in [2.05, 4.69) is 18.1 Å². The molecule has 2 aromatic heterocycles. The summed E-state index contributed by atoms with van der Waals surface area (Å²) < 4.78 is 7.21. The predicted octanol–water partition coefficient (Wildman–Crippen LogP) is 3.02. The van der Waals surface area contributed by atoms with Crippen molar-refractivity contribution in [1.29, 1.82) is 0 Å². The molecule has 0 spiro atoms. The zero-order valence-corrected chi connectivity index (χ0v) is 8.97. The fourth-order valence-electron chi connectivity index (χ4n) is 1.96. The minimum Gasteiger partial charge on any atom is -0.464 e. The Hall–Kier alpha value is -2.03. The molecule has 0 aliphatic carbocycles. The maximum Gasteiger partial charge on any atom is 0.137 e. The quantitative estimate of drug-likeness (QED) is 0.619. The van der Waals surface area contributed by atoms with Crippen molar-refractivity contribution < 1.29 is 4.42 Å². The zero-order chi connectivity index (χ0) is 11.1. The molecular formula is C13H11N2O. The molecule has 3 aromatic rings. The first kappa shape index (κ1) is 9.21. The topological polar surface area (TPSA) is 31.0 Å². The van der Waals surface area contributed by atoms with Gasteiger partial charge in [0.05, 0.1) is 12.0 Å². The van der Waals surface area contributed by atoms with Gasteiger partial charge in [-0.15, -0.1) is 0 Å². The van der Waals surface area contributed by atoms with Crippen LogP contribution >= 0.6 is 0 Å². The summed E-state index contributed by atoms with van der Waals surface area (Å²) in [5, 5.41) is 5.24. The first-order chi connectivity index (χ1) is 7.75. The van der Waals surface area contributed by atoms with Gasteiger partial charge in [-0.25, -0.2) is 0 Å². The van der Waals surface area contributed by atoms with Crippen LogP contribution in [0.2, 0.25) is 0 Å². The fraction of sp³-hybridized carbons (Fsp3) is 0.0769. The summed E-state index contributed by atoms with van der Waals surface area (Å²) in [5.41, 5.74) is 3.94. The highest BCUT2D eigenvalue weighted by Crippen LogP contribution is 2.27. The SMILES string of the molecule is [CH2]c1cc(-c2ccnn2C)cc2ccoc12. The number of aromatic nitrogens is 2. The first-order valence-electron chi connectivity index (χ1n) is 5.07. The molecule has 0 atom stereocenters. The molecule has 1 aromatic carbocycles. The number of hydrogen-bond donors (Lipinski definition) is 0. The van der Waals surface area contributed by atoms with Crippen LogP contribution in [0.4, 0.5) is 0 Å². The molecule has 1 radical (unpaired) electrons. The maximum absolute atomic E-state index is 5.37. The Bertz CT molecular complexity index is 649. The van der Waals surface area contributed by atoms with E-state index in [-0.39, 0.29) is 0 Å². The fourth-order valence-corrected chi connectivity index (χ4v) is 1.96. The maximum atomic E-state index is 5.37. The third kappa shape index (κ3) is 1.25. The molecule has 0 aliphatic heterocycles. The summed E-state index contributed by atoms with van der Waals surface area (Å²) in [5.74, 6) is 0. The number of rotatable bonds is 1. The van der Waals surface area contributed by atoms with Crippen molar-refractivity contribution in [2.75, 3.05) is 0 Å². The molecule has 0 bridgehead atoms. The lowest BCUT2D eigenvalue weighted by atomic mass is 10.1. The minimum atomic E-state index is 0.853. The number of aryl methyl sites for hydroxylation is 1. The van der Waals surface area contributed by atoms with Gasteiger partial charge in [0.1, 0.15) is 5.58 Å². The van der Waals surface area contributed by atoms with Crippen molar-refractivity contribution in [2.45, 2.75) is 0 Å². The number of benzene rings is 1. The molecule has 0 amide bonds. The molecule has 0 unspecified atom stereocenters. The van der Waals surface area contributed by atoms with E-state index in [1.54, 1.807) is 12.5 Å². The van der Waals surface area contributed by atoms with Crippen LogP contribution < -0.4 is 0 Å². The molecule has 0 aliphatic rings. The van der Waals surface area contributed by atoms with Gasteiger partial charge in [-0.3, -0.25) is 4.68 Å². The van der Waals surface area contributed by atoms with E-state index in [1.165, 1.54) is 0 Å². The number of fused-ring (bicyclic) bond motifs is 1. The van der Waals surface area contributed by atoms with Crippen LogP contribution in [0.5, 0.6) is 0 Å². The van der Waals surface area contributed by atoms with Crippen LogP contribution in [-0.4, -0.2) is 9.78 Å². The summed E-state index contributed by atoms with van der Waals surface area (Å²) >= 11 is 0. The van der Waals surface area contributed by atoms with Crippen molar-refractivity contribution >= 4 is 11.0 Å². The summed E-state index contributed by atoms with van der Waals surface area (Å²) in [4.78, 5) is 0. The number of nitrogens with zero attached hydrogens (tertiary/aromatic N) is 2. The van der Waals surface area contributed by atoms with Crippen molar-refractivity contribution in [2.24, 2.45) is 7.05 Å². The zero-order valence-electron chi connectivity index (χ0n) is 8.97. The number of hydrogen-bond acceptors (Lipinski definition) is 2. The van der Waals surface area contributed by atoms with Crippen LogP contribution in [0.25, 0.3) is 22.2 Å². The van der Waals surface area contributed by atoms with Gasteiger partial charge in [0.2, 0.25) is 0 Å². The minimum absolute atomic E-state index is 0.853. The Labute approximate surface area is 93.3 Å². The molecule has 0 saturated heterocycles.